The van der Waals surface area contributed by atoms with Gasteiger partial charge in [0.15, 0.2) is 6.39 Å². The van der Waals surface area contributed by atoms with Gasteiger partial charge in [0.1, 0.15) is 0 Å². The molecular formula is C11H6ClN3O6S. The normalized spacial score (nSPS) is 11.9. The van der Waals surface area contributed by atoms with Crippen LogP contribution in [0.5, 0.6) is 0 Å². The number of hydrogen-bond donors (Lipinski definition) is 2. The topological polar surface area (TPSA) is 135 Å². The summed E-state index contributed by atoms with van der Waals surface area (Å²) >= 11 is 5.86. The van der Waals surface area contributed by atoms with E-state index >= 15 is 0 Å². The standard InChI is InChI=1S/C11H6ClN3O6S/c12-5-1-2-6(22(19,20)7-3-13-4-21-7)9-8(5)10(16)15(18)11(17)14-9/h1-4,18H,(H,14,17). The molecule has 2 aromatic heterocycles. The van der Waals surface area contributed by atoms with Crippen molar-refractivity contribution in [1.82, 2.24) is 14.7 Å². The van der Waals surface area contributed by atoms with Gasteiger partial charge < -0.3 is 14.6 Å². The Morgan fingerprint density at radius 3 is 2.68 bits per heavy atom. The van der Waals surface area contributed by atoms with Gasteiger partial charge in [0.2, 0.25) is 14.9 Å². The summed E-state index contributed by atoms with van der Waals surface area (Å²) in [5.74, 6) is 0. The first-order valence-corrected chi connectivity index (χ1v) is 7.50. The quantitative estimate of drug-likeness (QED) is 0.643. The zero-order chi connectivity index (χ0) is 16.1. The van der Waals surface area contributed by atoms with Gasteiger partial charge in [-0.2, -0.15) is 0 Å². The molecule has 0 amide bonds. The molecule has 2 heterocycles. The monoisotopic (exact) mass is 343 g/mol. The maximum absolute atomic E-state index is 12.5. The summed E-state index contributed by atoms with van der Waals surface area (Å²) in [5, 5.41) is 8.39. The number of aromatic amines is 1. The fourth-order valence-corrected chi connectivity index (χ4v) is 3.41. The van der Waals surface area contributed by atoms with E-state index in [1.54, 1.807) is 0 Å². The van der Waals surface area contributed by atoms with E-state index in [0.29, 0.717) is 0 Å². The first kappa shape index (κ1) is 14.4. The van der Waals surface area contributed by atoms with Crippen LogP contribution in [-0.2, 0) is 9.84 Å². The number of oxazole rings is 1. The zero-order valence-electron chi connectivity index (χ0n) is 10.5. The molecule has 22 heavy (non-hydrogen) atoms. The average molecular weight is 344 g/mol. The van der Waals surface area contributed by atoms with Gasteiger partial charge in [0.25, 0.3) is 5.56 Å². The molecular weight excluding hydrogens is 338 g/mol. The molecule has 0 saturated heterocycles. The van der Waals surface area contributed by atoms with E-state index in [1.165, 1.54) is 0 Å². The number of aromatic nitrogens is 3. The number of halogens is 1. The molecule has 0 atom stereocenters. The molecule has 0 aliphatic heterocycles. The molecule has 0 fully saturated rings. The van der Waals surface area contributed by atoms with E-state index < -0.39 is 31.1 Å². The number of sulfone groups is 1. The van der Waals surface area contributed by atoms with Gasteiger partial charge in [-0.1, -0.05) is 16.3 Å². The summed E-state index contributed by atoms with van der Waals surface area (Å²) in [6.07, 6.45) is 1.90. The summed E-state index contributed by atoms with van der Waals surface area (Å²) in [5.41, 5.74) is -2.67. The van der Waals surface area contributed by atoms with Gasteiger partial charge in [-0.25, -0.2) is 18.2 Å². The minimum atomic E-state index is -4.17. The predicted octanol–water partition coefficient (Wildman–Crippen LogP) is 0.401. The van der Waals surface area contributed by atoms with Crippen LogP contribution in [-0.4, -0.2) is 28.3 Å². The van der Waals surface area contributed by atoms with Crippen LogP contribution in [0.3, 0.4) is 0 Å². The summed E-state index contributed by atoms with van der Waals surface area (Å²) in [6.45, 7) is 0. The van der Waals surface area contributed by atoms with Gasteiger partial charge in [-0.3, -0.25) is 4.79 Å². The van der Waals surface area contributed by atoms with Crippen molar-refractivity contribution in [3.63, 3.8) is 0 Å². The first-order chi connectivity index (χ1) is 10.3. The van der Waals surface area contributed by atoms with Crippen LogP contribution in [0.4, 0.5) is 0 Å². The lowest BCUT2D eigenvalue weighted by Gasteiger charge is -2.07. The maximum atomic E-state index is 12.5. The third-order valence-electron chi connectivity index (χ3n) is 2.91. The fourth-order valence-electron chi connectivity index (χ4n) is 1.92. The molecule has 0 unspecified atom stereocenters. The number of hydrogen-bond acceptors (Lipinski definition) is 7. The maximum Gasteiger partial charge on any atom is 0.362 e. The Kier molecular flexibility index (Phi) is 3.07. The van der Waals surface area contributed by atoms with Crippen LogP contribution in [0.15, 0.2) is 48.7 Å². The lowest BCUT2D eigenvalue weighted by Crippen LogP contribution is -2.33. The zero-order valence-corrected chi connectivity index (χ0v) is 12.1. The Balaban J connectivity index is 2.51. The van der Waals surface area contributed by atoms with Gasteiger partial charge >= 0.3 is 5.69 Å². The van der Waals surface area contributed by atoms with Crippen molar-refractivity contribution in [2.45, 2.75) is 9.99 Å². The molecule has 2 N–H and O–H groups in total. The molecule has 0 bridgehead atoms. The SMILES string of the molecule is O=c1[nH]c2c(S(=O)(=O)c3cnco3)ccc(Cl)c2c(=O)n1O. The molecule has 11 heteroatoms. The molecule has 9 nitrogen and oxygen atoms in total. The molecule has 0 aliphatic carbocycles. The van der Waals surface area contributed by atoms with E-state index in [9.17, 15) is 23.2 Å². The minimum absolute atomic E-state index is 0.129. The average Bonchev–Trinajstić information content (AvgIpc) is 2.99. The molecule has 0 spiro atoms. The molecule has 1 aromatic carbocycles. The van der Waals surface area contributed by atoms with E-state index in [2.05, 4.69) is 9.97 Å². The van der Waals surface area contributed by atoms with E-state index in [-0.39, 0.29) is 20.7 Å². The molecule has 3 aromatic rings. The van der Waals surface area contributed by atoms with Crippen molar-refractivity contribution in [1.29, 1.82) is 0 Å². The van der Waals surface area contributed by atoms with Gasteiger partial charge in [0.05, 0.1) is 27.0 Å². The summed E-state index contributed by atoms with van der Waals surface area (Å²) in [7, 11) is -4.17. The third-order valence-corrected chi connectivity index (χ3v) is 4.88. The van der Waals surface area contributed by atoms with Gasteiger partial charge in [-0.05, 0) is 12.1 Å². The number of fused-ring (bicyclic) bond motifs is 1. The van der Waals surface area contributed by atoms with Crippen LogP contribution in [0, 0.1) is 0 Å². The molecule has 114 valence electrons. The second-order valence-electron chi connectivity index (χ2n) is 4.17. The highest BCUT2D eigenvalue weighted by Gasteiger charge is 2.26. The van der Waals surface area contributed by atoms with Crippen molar-refractivity contribution >= 4 is 32.3 Å². The second kappa shape index (κ2) is 4.71. The van der Waals surface area contributed by atoms with Crippen LogP contribution in [0.25, 0.3) is 10.9 Å². The fraction of sp³-hybridized carbons (Fsp3) is 0. The number of H-pyrrole nitrogens is 1. The lowest BCUT2D eigenvalue weighted by molar-refractivity contribution is 0.162. The Hall–Kier alpha value is -2.59. The summed E-state index contributed by atoms with van der Waals surface area (Å²) in [4.78, 5) is 28.6. The first-order valence-electron chi connectivity index (χ1n) is 5.64. The molecule has 3 rings (SSSR count). The highest BCUT2D eigenvalue weighted by atomic mass is 35.5. The number of benzene rings is 1. The van der Waals surface area contributed by atoms with E-state index in [4.69, 9.17) is 16.0 Å². The Bertz CT molecular complexity index is 1100. The largest absolute Gasteiger partial charge is 0.432 e. The Labute approximate surface area is 126 Å². The smallest absolute Gasteiger partial charge is 0.362 e. The van der Waals surface area contributed by atoms with E-state index in [1.807, 2.05) is 0 Å². The Morgan fingerprint density at radius 2 is 2.05 bits per heavy atom. The van der Waals surface area contributed by atoms with Crippen LogP contribution >= 0.6 is 11.6 Å². The van der Waals surface area contributed by atoms with Gasteiger partial charge in [-0.15, -0.1) is 0 Å². The summed E-state index contributed by atoms with van der Waals surface area (Å²) < 4.78 is 29.5. The molecule has 0 radical (unpaired) electrons. The van der Waals surface area contributed by atoms with Crippen molar-refractivity contribution in [3.05, 3.63) is 50.6 Å². The van der Waals surface area contributed by atoms with Crippen LogP contribution in [0.2, 0.25) is 5.02 Å². The minimum Gasteiger partial charge on any atom is -0.432 e. The highest BCUT2D eigenvalue weighted by Crippen LogP contribution is 2.28. The lowest BCUT2D eigenvalue weighted by atomic mass is 10.2. The third kappa shape index (κ3) is 1.92. The van der Waals surface area contributed by atoms with Gasteiger partial charge in [0, 0.05) is 0 Å². The number of nitrogens with one attached hydrogen (secondary N) is 1. The number of rotatable bonds is 2. The van der Waals surface area contributed by atoms with E-state index in [0.717, 1.165) is 24.7 Å². The molecule has 0 saturated carbocycles. The van der Waals surface area contributed by atoms with Crippen LogP contribution in [0.1, 0.15) is 0 Å². The highest BCUT2D eigenvalue weighted by molar-refractivity contribution is 7.91. The predicted molar refractivity (Wildman–Crippen MR) is 73.0 cm³/mol. The van der Waals surface area contributed by atoms with Crippen molar-refractivity contribution < 1.29 is 18.0 Å². The number of nitrogens with zero attached hydrogens (tertiary/aromatic N) is 2. The van der Waals surface area contributed by atoms with Crippen molar-refractivity contribution in [2.75, 3.05) is 0 Å². The Morgan fingerprint density at radius 1 is 1.32 bits per heavy atom. The van der Waals surface area contributed by atoms with Crippen molar-refractivity contribution in [2.24, 2.45) is 0 Å². The summed E-state index contributed by atoms with van der Waals surface area (Å²) in [6, 6.07) is 2.27. The van der Waals surface area contributed by atoms with Crippen molar-refractivity contribution in [3.8, 4) is 0 Å². The van der Waals surface area contributed by atoms with Crippen LogP contribution < -0.4 is 11.2 Å². The second-order valence-corrected chi connectivity index (χ2v) is 6.42. The molecule has 0 aliphatic rings.